The van der Waals surface area contributed by atoms with Gasteiger partial charge in [0.2, 0.25) is 5.91 Å². The number of carbonyl (C=O) groups excluding carboxylic acids is 1. The van der Waals surface area contributed by atoms with Crippen LogP contribution >= 0.6 is 0 Å². The third-order valence-electron chi connectivity index (χ3n) is 2.19. The molecule has 1 amide bonds. The Morgan fingerprint density at radius 1 is 1.50 bits per heavy atom. The number of carbonyl (C=O) groups is 1. The number of rotatable bonds is 1. The van der Waals surface area contributed by atoms with Crippen LogP contribution in [0.15, 0.2) is 23.2 Å². The Bertz CT molecular complexity index is 508. The van der Waals surface area contributed by atoms with Crippen molar-refractivity contribution >= 4 is 28.7 Å². The molecule has 0 saturated heterocycles. The fraction of sp³-hybridized carbons (Fsp3) is 0.200. The third-order valence-corrected chi connectivity index (χ3v) is 2.19. The van der Waals surface area contributed by atoms with E-state index in [-0.39, 0.29) is 18.0 Å². The van der Waals surface area contributed by atoms with Gasteiger partial charge in [-0.1, -0.05) is 0 Å². The second kappa shape index (κ2) is 3.73. The van der Waals surface area contributed by atoms with E-state index in [1.807, 2.05) is 0 Å². The van der Waals surface area contributed by atoms with Gasteiger partial charge in [0.15, 0.2) is 0 Å². The molecule has 1 aliphatic rings. The lowest BCUT2D eigenvalue weighted by Gasteiger charge is -2.03. The van der Waals surface area contributed by atoms with Crippen molar-refractivity contribution in [3.63, 3.8) is 0 Å². The average molecular weight is 219 g/mol. The van der Waals surface area contributed by atoms with Crippen molar-refractivity contribution in [1.29, 1.82) is 0 Å². The highest BCUT2D eigenvalue weighted by atomic mass is 16.6. The molecule has 0 radical (unpaired) electrons. The van der Waals surface area contributed by atoms with E-state index in [0.717, 1.165) is 0 Å². The fourth-order valence-corrected chi connectivity index (χ4v) is 1.50. The molecule has 0 spiro atoms. The largest absolute Gasteiger partial charge is 0.324 e. The molecule has 0 unspecified atom stereocenters. The summed E-state index contributed by atoms with van der Waals surface area (Å²) in [4.78, 5) is 25.6. The van der Waals surface area contributed by atoms with Crippen molar-refractivity contribution in [3.8, 4) is 0 Å². The first kappa shape index (κ1) is 10.3. The van der Waals surface area contributed by atoms with Crippen molar-refractivity contribution in [2.24, 2.45) is 4.99 Å². The van der Waals surface area contributed by atoms with Gasteiger partial charge in [-0.15, -0.1) is 0 Å². The Balaban J connectivity index is 2.53. The van der Waals surface area contributed by atoms with Crippen LogP contribution in [0.25, 0.3) is 0 Å². The number of nitro benzene ring substituents is 1. The molecule has 1 N–H and O–H groups in total. The lowest BCUT2D eigenvalue weighted by molar-refractivity contribution is -0.384. The number of hydrogen-bond donors (Lipinski definition) is 1. The summed E-state index contributed by atoms with van der Waals surface area (Å²) in [6.45, 7) is 1.72. The highest BCUT2D eigenvalue weighted by Gasteiger charge is 2.16. The summed E-state index contributed by atoms with van der Waals surface area (Å²) in [5.41, 5.74) is 1.54. The smallest absolute Gasteiger partial charge is 0.271 e. The molecule has 0 aromatic heterocycles. The van der Waals surface area contributed by atoms with Gasteiger partial charge in [-0.3, -0.25) is 19.9 Å². The summed E-state index contributed by atoms with van der Waals surface area (Å²) in [6, 6.07) is 4.19. The van der Waals surface area contributed by atoms with Gasteiger partial charge in [-0.2, -0.15) is 0 Å². The van der Waals surface area contributed by atoms with E-state index in [1.54, 1.807) is 6.92 Å². The van der Waals surface area contributed by atoms with Gasteiger partial charge in [0.05, 0.1) is 22.7 Å². The Kier molecular flexibility index (Phi) is 2.40. The van der Waals surface area contributed by atoms with Gasteiger partial charge >= 0.3 is 0 Å². The Hall–Kier alpha value is -2.24. The molecule has 0 bridgehead atoms. The van der Waals surface area contributed by atoms with Crippen LogP contribution in [0.5, 0.6) is 0 Å². The first-order valence-corrected chi connectivity index (χ1v) is 4.69. The molecule has 1 heterocycles. The lowest BCUT2D eigenvalue weighted by Crippen LogP contribution is -2.12. The second-order valence-electron chi connectivity index (χ2n) is 3.53. The predicted molar refractivity (Wildman–Crippen MR) is 59.1 cm³/mol. The van der Waals surface area contributed by atoms with E-state index in [9.17, 15) is 14.9 Å². The molecule has 6 nitrogen and oxygen atoms in total. The highest BCUT2D eigenvalue weighted by molar-refractivity contribution is 6.09. The number of aliphatic imine (C=N–C) groups is 1. The van der Waals surface area contributed by atoms with Crippen molar-refractivity contribution in [2.75, 3.05) is 5.32 Å². The summed E-state index contributed by atoms with van der Waals surface area (Å²) in [6.07, 6.45) is 0.211. The maximum absolute atomic E-state index is 11.3. The maximum Gasteiger partial charge on any atom is 0.271 e. The second-order valence-corrected chi connectivity index (χ2v) is 3.53. The lowest BCUT2D eigenvalue weighted by atomic mass is 10.2. The molecular formula is C10H9N3O3. The van der Waals surface area contributed by atoms with Crippen LogP contribution in [0.2, 0.25) is 0 Å². The number of anilines is 1. The van der Waals surface area contributed by atoms with Crippen molar-refractivity contribution in [2.45, 2.75) is 13.3 Å². The number of non-ortho nitro benzene ring substituents is 1. The van der Waals surface area contributed by atoms with Gasteiger partial charge < -0.3 is 5.32 Å². The number of amides is 1. The summed E-state index contributed by atoms with van der Waals surface area (Å²) in [5.74, 6) is -0.158. The first-order valence-electron chi connectivity index (χ1n) is 4.69. The molecule has 0 atom stereocenters. The van der Waals surface area contributed by atoms with Gasteiger partial charge in [0.1, 0.15) is 0 Å². The third kappa shape index (κ3) is 1.90. The summed E-state index contributed by atoms with van der Waals surface area (Å²) >= 11 is 0. The van der Waals surface area contributed by atoms with Crippen LogP contribution in [0.1, 0.15) is 13.3 Å². The molecule has 0 saturated carbocycles. The Labute approximate surface area is 91.1 Å². The Morgan fingerprint density at radius 2 is 2.25 bits per heavy atom. The molecule has 6 heteroatoms. The molecule has 2 rings (SSSR count). The van der Waals surface area contributed by atoms with Crippen LogP contribution in [-0.4, -0.2) is 16.5 Å². The summed E-state index contributed by atoms with van der Waals surface area (Å²) < 4.78 is 0. The van der Waals surface area contributed by atoms with E-state index in [2.05, 4.69) is 10.3 Å². The highest BCUT2D eigenvalue weighted by Crippen LogP contribution is 2.31. The molecule has 0 aliphatic carbocycles. The number of fused-ring (bicyclic) bond motifs is 1. The minimum atomic E-state index is -0.488. The molecule has 82 valence electrons. The van der Waals surface area contributed by atoms with E-state index in [1.165, 1.54) is 18.2 Å². The van der Waals surface area contributed by atoms with Crippen molar-refractivity contribution in [3.05, 3.63) is 28.3 Å². The number of nitrogens with one attached hydrogen (secondary N) is 1. The SMILES string of the molecule is CC1=Nc2cc([N+](=O)[O-])ccc2NC(=O)C1. The fourth-order valence-electron chi connectivity index (χ4n) is 1.50. The quantitative estimate of drug-likeness (QED) is 0.579. The number of nitrogens with zero attached hydrogens (tertiary/aromatic N) is 2. The maximum atomic E-state index is 11.3. The summed E-state index contributed by atoms with van der Waals surface area (Å²) in [5, 5.41) is 13.2. The first-order chi connectivity index (χ1) is 7.56. The minimum Gasteiger partial charge on any atom is -0.324 e. The standard InChI is InChI=1S/C10H9N3O3/c1-6-4-10(14)12-8-3-2-7(13(15)16)5-9(8)11-6/h2-3,5H,4H2,1H3,(H,12,14). The zero-order valence-corrected chi connectivity index (χ0v) is 8.56. The molecule has 1 aliphatic heterocycles. The number of hydrogen-bond acceptors (Lipinski definition) is 4. The van der Waals surface area contributed by atoms with E-state index in [0.29, 0.717) is 17.1 Å². The monoisotopic (exact) mass is 219 g/mol. The molecule has 1 aromatic carbocycles. The van der Waals surface area contributed by atoms with Crippen LogP contribution in [0.3, 0.4) is 0 Å². The topological polar surface area (TPSA) is 84.6 Å². The molecule has 16 heavy (non-hydrogen) atoms. The summed E-state index contributed by atoms with van der Waals surface area (Å²) in [7, 11) is 0. The number of benzene rings is 1. The van der Waals surface area contributed by atoms with Crippen molar-refractivity contribution < 1.29 is 9.72 Å². The molecule has 1 aromatic rings. The minimum absolute atomic E-state index is 0.0357. The zero-order valence-electron chi connectivity index (χ0n) is 8.56. The van der Waals surface area contributed by atoms with Gasteiger partial charge in [0, 0.05) is 17.8 Å². The average Bonchev–Trinajstić information content (AvgIpc) is 2.32. The van der Waals surface area contributed by atoms with Gasteiger partial charge in [0.25, 0.3) is 5.69 Å². The number of nitro groups is 1. The van der Waals surface area contributed by atoms with Crippen LogP contribution < -0.4 is 5.32 Å². The van der Waals surface area contributed by atoms with E-state index >= 15 is 0 Å². The molecule has 0 fully saturated rings. The normalized spacial score (nSPS) is 14.6. The van der Waals surface area contributed by atoms with Gasteiger partial charge in [-0.25, -0.2) is 0 Å². The Morgan fingerprint density at radius 3 is 2.94 bits per heavy atom. The predicted octanol–water partition coefficient (Wildman–Crippen LogP) is 2.03. The zero-order chi connectivity index (χ0) is 11.7. The van der Waals surface area contributed by atoms with Crippen LogP contribution in [0.4, 0.5) is 17.1 Å². The van der Waals surface area contributed by atoms with Crippen molar-refractivity contribution in [1.82, 2.24) is 0 Å². The van der Waals surface area contributed by atoms with Crippen LogP contribution in [0, 0.1) is 10.1 Å². The van der Waals surface area contributed by atoms with Gasteiger partial charge in [-0.05, 0) is 13.0 Å². The van der Waals surface area contributed by atoms with E-state index in [4.69, 9.17) is 0 Å². The molecular weight excluding hydrogens is 210 g/mol. The van der Waals surface area contributed by atoms with Crippen LogP contribution in [-0.2, 0) is 4.79 Å². The van der Waals surface area contributed by atoms with E-state index < -0.39 is 4.92 Å².